The molecule has 3 nitrogen and oxygen atoms in total. The van der Waals surface area contributed by atoms with E-state index < -0.39 is 0 Å². The van der Waals surface area contributed by atoms with Gasteiger partial charge >= 0.3 is 5.97 Å². The molecule has 0 heterocycles. The van der Waals surface area contributed by atoms with Crippen molar-refractivity contribution in [2.45, 2.75) is 59.1 Å². The van der Waals surface area contributed by atoms with Crippen LogP contribution < -0.4 is 5.32 Å². The molecule has 0 aromatic carbocycles. The molecule has 84 valence electrons. The van der Waals surface area contributed by atoms with Crippen LogP contribution in [0.4, 0.5) is 0 Å². The van der Waals surface area contributed by atoms with Crippen LogP contribution in [0.5, 0.6) is 0 Å². The zero-order valence-corrected chi connectivity index (χ0v) is 10.0. The summed E-state index contributed by atoms with van der Waals surface area (Å²) < 4.78 is 5.03. The summed E-state index contributed by atoms with van der Waals surface area (Å²) in [6.07, 6.45) is 2.00. The minimum absolute atomic E-state index is 0.0289. The van der Waals surface area contributed by atoms with E-state index >= 15 is 0 Å². The molecule has 0 aliphatic rings. The van der Waals surface area contributed by atoms with E-state index in [0.717, 1.165) is 12.8 Å². The van der Waals surface area contributed by atoms with Gasteiger partial charge in [-0.2, -0.15) is 0 Å². The van der Waals surface area contributed by atoms with Crippen LogP contribution in [0.15, 0.2) is 0 Å². The van der Waals surface area contributed by atoms with Gasteiger partial charge in [-0.15, -0.1) is 0 Å². The van der Waals surface area contributed by atoms with E-state index in [0.29, 0.717) is 6.54 Å². The zero-order chi connectivity index (χ0) is 11.2. The number of hydrogen-bond acceptors (Lipinski definition) is 3. The van der Waals surface area contributed by atoms with Crippen LogP contribution in [-0.4, -0.2) is 24.2 Å². The Morgan fingerprint density at radius 1 is 1.36 bits per heavy atom. The number of esters is 1. The summed E-state index contributed by atoms with van der Waals surface area (Å²) in [7, 11) is 0. The lowest BCUT2D eigenvalue weighted by Gasteiger charge is -2.27. The highest BCUT2D eigenvalue weighted by Crippen LogP contribution is 2.12. The molecule has 0 saturated carbocycles. The average Bonchev–Trinajstić information content (AvgIpc) is 2.13. The minimum atomic E-state index is -0.173. The van der Waals surface area contributed by atoms with Crippen LogP contribution >= 0.6 is 0 Å². The predicted molar refractivity (Wildman–Crippen MR) is 58.2 cm³/mol. The third-order valence-electron chi connectivity index (χ3n) is 2.59. The van der Waals surface area contributed by atoms with Crippen LogP contribution in [0.3, 0.4) is 0 Å². The van der Waals surface area contributed by atoms with E-state index in [9.17, 15) is 4.79 Å². The summed E-state index contributed by atoms with van der Waals surface area (Å²) in [5, 5.41) is 3.23. The van der Waals surface area contributed by atoms with Gasteiger partial charge < -0.3 is 10.1 Å². The number of nitrogens with one attached hydrogen (secondary N) is 1. The largest absolute Gasteiger partial charge is 0.462 e. The molecule has 1 N–H and O–H groups in total. The fourth-order valence-corrected chi connectivity index (χ4v) is 1.09. The Morgan fingerprint density at radius 3 is 2.21 bits per heavy atom. The van der Waals surface area contributed by atoms with Crippen LogP contribution in [0.25, 0.3) is 0 Å². The molecule has 0 bridgehead atoms. The summed E-state index contributed by atoms with van der Waals surface area (Å²) in [6.45, 7) is 10.4. The van der Waals surface area contributed by atoms with E-state index in [1.54, 1.807) is 0 Å². The number of hydrogen-bond donors (Lipinski definition) is 1. The predicted octanol–water partition coefficient (Wildman–Crippen LogP) is 2.11. The molecule has 0 rings (SSSR count). The Bertz CT molecular complexity index is 174. The standard InChI is InChI=1S/C11H23NO2/c1-6-11(5,7-2)12-8-10(13)14-9(3)4/h9,12H,6-8H2,1-5H3. The monoisotopic (exact) mass is 201 g/mol. The highest BCUT2D eigenvalue weighted by atomic mass is 16.5. The van der Waals surface area contributed by atoms with E-state index in [2.05, 4.69) is 26.1 Å². The third-order valence-corrected chi connectivity index (χ3v) is 2.59. The first-order chi connectivity index (χ1) is 6.43. The molecule has 0 spiro atoms. The van der Waals surface area contributed by atoms with Crippen LogP contribution in [0, 0.1) is 0 Å². The Hall–Kier alpha value is -0.570. The summed E-state index contributed by atoms with van der Waals surface area (Å²) >= 11 is 0. The van der Waals surface area contributed by atoms with Crippen molar-refractivity contribution in [3.05, 3.63) is 0 Å². The van der Waals surface area contributed by atoms with Gasteiger partial charge in [-0.3, -0.25) is 4.79 Å². The molecule has 0 amide bonds. The van der Waals surface area contributed by atoms with Gasteiger partial charge in [0.05, 0.1) is 12.6 Å². The first-order valence-electron chi connectivity index (χ1n) is 5.38. The molecule has 14 heavy (non-hydrogen) atoms. The number of carbonyl (C=O) groups excluding carboxylic acids is 1. The lowest BCUT2D eigenvalue weighted by atomic mass is 9.96. The van der Waals surface area contributed by atoms with Crippen LogP contribution in [-0.2, 0) is 9.53 Å². The lowest BCUT2D eigenvalue weighted by Crippen LogP contribution is -2.44. The normalized spacial score (nSPS) is 11.9. The fourth-order valence-electron chi connectivity index (χ4n) is 1.09. The van der Waals surface area contributed by atoms with Crippen molar-refractivity contribution >= 4 is 5.97 Å². The van der Waals surface area contributed by atoms with Gasteiger partial charge in [0, 0.05) is 5.54 Å². The van der Waals surface area contributed by atoms with Crippen molar-refractivity contribution in [3.63, 3.8) is 0 Å². The quantitative estimate of drug-likeness (QED) is 0.669. The maximum atomic E-state index is 11.2. The molecule has 3 heteroatoms. The first kappa shape index (κ1) is 13.4. The van der Waals surface area contributed by atoms with Gasteiger partial charge in [-0.05, 0) is 33.6 Å². The van der Waals surface area contributed by atoms with Crippen molar-refractivity contribution in [2.75, 3.05) is 6.54 Å². The van der Waals surface area contributed by atoms with Gasteiger partial charge in [0.15, 0.2) is 0 Å². The smallest absolute Gasteiger partial charge is 0.320 e. The SMILES string of the molecule is CCC(C)(CC)NCC(=O)OC(C)C. The molecule has 0 aliphatic carbocycles. The zero-order valence-electron chi connectivity index (χ0n) is 10.0. The first-order valence-corrected chi connectivity index (χ1v) is 5.38. The van der Waals surface area contributed by atoms with E-state index in [1.165, 1.54) is 0 Å². The van der Waals surface area contributed by atoms with Crippen LogP contribution in [0.1, 0.15) is 47.5 Å². The minimum Gasteiger partial charge on any atom is -0.462 e. The van der Waals surface area contributed by atoms with Gasteiger partial charge in [0.25, 0.3) is 0 Å². The highest BCUT2D eigenvalue weighted by molar-refractivity contribution is 5.71. The molecule has 0 aromatic heterocycles. The van der Waals surface area contributed by atoms with Crippen molar-refractivity contribution in [1.82, 2.24) is 5.32 Å². The lowest BCUT2D eigenvalue weighted by molar-refractivity contribution is -0.146. The second-order valence-corrected chi connectivity index (χ2v) is 4.16. The topological polar surface area (TPSA) is 38.3 Å². The van der Waals surface area contributed by atoms with Crippen LogP contribution in [0.2, 0.25) is 0 Å². The Morgan fingerprint density at radius 2 is 1.86 bits per heavy atom. The Labute approximate surface area is 87.2 Å². The van der Waals surface area contributed by atoms with Gasteiger partial charge in [-0.1, -0.05) is 13.8 Å². The molecule has 0 fully saturated rings. The molecule has 0 aromatic rings. The second-order valence-electron chi connectivity index (χ2n) is 4.16. The molecule has 0 unspecified atom stereocenters. The van der Waals surface area contributed by atoms with Crippen molar-refractivity contribution < 1.29 is 9.53 Å². The number of ether oxygens (including phenoxy) is 1. The summed E-state index contributed by atoms with van der Waals surface area (Å²) in [6, 6.07) is 0. The number of rotatable bonds is 6. The summed E-state index contributed by atoms with van der Waals surface area (Å²) in [5.74, 6) is -0.173. The molecule has 0 aliphatic heterocycles. The molecule has 0 atom stereocenters. The van der Waals surface area contributed by atoms with Gasteiger partial charge in [-0.25, -0.2) is 0 Å². The summed E-state index contributed by atoms with van der Waals surface area (Å²) in [5.41, 5.74) is 0.0516. The van der Waals surface area contributed by atoms with E-state index in [-0.39, 0.29) is 17.6 Å². The van der Waals surface area contributed by atoms with Crippen molar-refractivity contribution in [1.29, 1.82) is 0 Å². The molecule has 0 radical (unpaired) electrons. The number of carbonyl (C=O) groups is 1. The summed E-state index contributed by atoms with van der Waals surface area (Å²) in [4.78, 5) is 11.2. The van der Waals surface area contributed by atoms with Crippen molar-refractivity contribution in [2.24, 2.45) is 0 Å². The van der Waals surface area contributed by atoms with Gasteiger partial charge in [0.1, 0.15) is 0 Å². The molecule has 0 saturated heterocycles. The third kappa shape index (κ3) is 5.22. The Kier molecular flexibility index (Phi) is 5.77. The molecular formula is C11H23NO2. The van der Waals surface area contributed by atoms with E-state index in [4.69, 9.17) is 4.74 Å². The molecular weight excluding hydrogens is 178 g/mol. The van der Waals surface area contributed by atoms with Gasteiger partial charge in [0.2, 0.25) is 0 Å². The Balaban J connectivity index is 3.86. The van der Waals surface area contributed by atoms with Crippen molar-refractivity contribution in [3.8, 4) is 0 Å². The maximum Gasteiger partial charge on any atom is 0.320 e. The second kappa shape index (κ2) is 6.02. The maximum absolute atomic E-state index is 11.2. The fraction of sp³-hybridized carbons (Fsp3) is 0.909. The van der Waals surface area contributed by atoms with E-state index in [1.807, 2.05) is 13.8 Å². The average molecular weight is 201 g/mol. The highest BCUT2D eigenvalue weighted by Gasteiger charge is 2.20.